The van der Waals surface area contributed by atoms with E-state index in [0.717, 1.165) is 10.9 Å². The number of rotatable bonds is 4. The monoisotopic (exact) mass is 351 g/mol. The van der Waals surface area contributed by atoms with Gasteiger partial charge in [0.15, 0.2) is 0 Å². The number of hydrogen-bond acceptors (Lipinski definition) is 1. The zero-order chi connectivity index (χ0) is 14.5. The zero-order valence-corrected chi connectivity index (χ0v) is 13.5. The van der Waals surface area contributed by atoms with Gasteiger partial charge in [0.05, 0.1) is 10.6 Å². The van der Waals surface area contributed by atoms with Gasteiger partial charge in [-0.15, -0.1) is 0 Å². The maximum Gasteiger partial charge on any atom is 0.255 e. The van der Waals surface area contributed by atoms with Gasteiger partial charge in [-0.1, -0.05) is 48.0 Å². The van der Waals surface area contributed by atoms with Crippen LogP contribution in [0, 0.1) is 0 Å². The Bertz CT molecular complexity index is 601. The highest BCUT2D eigenvalue weighted by molar-refractivity contribution is 9.10. The number of likely N-dealkylation sites (N-methyl/N-ethyl adjacent to an activating group) is 1. The van der Waals surface area contributed by atoms with Gasteiger partial charge in [-0.3, -0.25) is 4.79 Å². The van der Waals surface area contributed by atoms with Crippen molar-refractivity contribution in [3.05, 3.63) is 69.2 Å². The molecule has 0 bridgehead atoms. The van der Waals surface area contributed by atoms with E-state index in [1.165, 1.54) is 5.56 Å². The maximum atomic E-state index is 12.4. The Balaban J connectivity index is 2.04. The Labute approximate surface area is 132 Å². The molecule has 0 unspecified atom stereocenters. The third-order valence-corrected chi connectivity index (χ3v) is 4.40. The predicted octanol–water partition coefficient (Wildman–Crippen LogP) is 4.42. The number of hydrogen-bond donors (Lipinski definition) is 0. The highest BCUT2D eigenvalue weighted by atomic mass is 79.9. The molecule has 0 spiro atoms. The van der Waals surface area contributed by atoms with Crippen LogP contribution in [0.25, 0.3) is 0 Å². The van der Waals surface area contributed by atoms with Crippen molar-refractivity contribution < 1.29 is 4.79 Å². The quantitative estimate of drug-likeness (QED) is 0.798. The highest BCUT2D eigenvalue weighted by Gasteiger charge is 2.16. The van der Waals surface area contributed by atoms with Crippen molar-refractivity contribution in [2.75, 3.05) is 13.6 Å². The van der Waals surface area contributed by atoms with Crippen LogP contribution >= 0.6 is 27.5 Å². The van der Waals surface area contributed by atoms with Crippen LogP contribution < -0.4 is 0 Å². The van der Waals surface area contributed by atoms with Gasteiger partial charge in [0.25, 0.3) is 5.91 Å². The second-order valence-corrected chi connectivity index (χ2v) is 5.80. The number of halogens is 2. The first-order valence-corrected chi connectivity index (χ1v) is 7.50. The fraction of sp³-hybridized carbons (Fsp3) is 0.188. The minimum Gasteiger partial charge on any atom is -0.341 e. The van der Waals surface area contributed by atoms with Gasteiger partial charge in [-0.25, -0.2) is 0 Å². The van der Waals surface area contributed by atoms with Gasteiger partial charge in [-0.05, 0) is 40.0 Å². The van der Waals surface area contributed by atoms with E-state index in [1.807, 2.05) is 30.3 Å². The lowest BCUT2D eigenvalue weighted by Crippen LogP contribution is -2.29. The van der Waals surface area contributed by atoms with Crippen molar-refractivity contribution in [2.45, 2.75) is 6.42 Å². The molecular formula is C16H15BrClNO. The molecule has 0 aromatic heterocycles. The van der Waals surface area contributed by atoms with Crippen LogP contribution in [-0.2, 0) is 6.42 Å². The molecule has 1 amide bonds. The molecule has 0 aliphatic carbocycles. The molecule has 2 aromatic carbocycles. The Morgan fingerprint density at radius 1 is 1.15 bits per heavy atom. The number of benzene rings is 2. The molecule has 0 radical (unpaired) electrons. The summed E-state index contributed by atoms with van der Waals surface area (Å²) >= 11 is 9.49. The zero-order valence-electron chi connectivity index (χ0n) is 11.1. The lowest BCUT2D eigenvalue weighted by Gasteiger charge is -2.18. The Morgan fingerprint density at radius 3 is 2.55 bits per heavy atom. The van der Waals surface area contributed by atoms with Crippen molar-refractivity contribution >= 4 is 33.4 Å². The number of carbonyl (C=O) groups excluding carboxylic acids is 1. The van der Waals surface area contributed by atoms with Gasteiger partial charge in [0, 0.05) is 18.1 Å². The molecule has 104 valence electrons. The molecule has 2 aromatic rings. The number of amides is 1. The SMILES string of the molecule is CN(CCc1ccccc1)C(=O)c1cccc(Br)c1Cl. The van der Waals surface area contributed by atoms with E-state index in [1.54, 1.807) is 18.0 Å². The third kappa shape index (κ3) is 3.62. The normalized spacial score (nSPS) is 10.3. The summed E-state index contributed by atoms with van der Waals surface area (Å²) in [4.78, 5) is 14.1. The minimum absolute atomic E-state index is 0.0627. The Hall–Kier alpha value is -1.32. The molecule has 2 rings (SSSR count). The summed E-state index contributed by atoms with van der Waals surface area (Å²) < 4.78 is 0.737. The smallest absolute Gasteiger partial charge is 0.255 e. The molecule has 0 heterocycles. The summed E-state index contributed by atoms with van der Waals surface area (Å²) in [5.41, 5.74) is 1.74. The van der Waals surface area contributed by atoms with Crippen LogP contribution in [0.5, 0.6) is 0 Å². The second kappa shape index (κ2) is 6.91. The van der Waals surface area contributed by atoms with E-state index in [-0.39, 0.29) is 5.91 Å². The van der Waals surface area contributed by atoms with E-state index in [4.69, 9.17) is 11.6 Å². The van der Waals surface area contributed by atoms with Crippen molar-refractivity contribution in [2.24, 2.45) is 0 Å². The molecule has 0 aliphatic heterocycles. The highest BCUT2D eigenvalue weighted by Crippen LogP contribution is 2.26. The molecule has 20 heavy (non-hydrogen) atoms. The average molecular weight is 353 g/mol. The first kappa shape index (κ1) is 15.1. The van der Waals surface area contributed by atoms with Crippen LogP contribution in [-0.4, -0.2) is 24.4 Å². The summed E-state index contributed by atoms with van der Waals surface area (Å²) in [5, 5.41) is 0.462. The van der Waals surface area contributed by atoms with E-state index in [0.29, 0.717) is 17.1 Å². The summed E-state index contributed by atoms with van der Waals surface area (Å²) in [6.07, 6.45) is 0.828. The predicted molar refractivity (Wildman–Crippen MR) is 86.3 cm³/mol. The molecular weight excluding hydrogens is 338 g/mol. The molecule has 0 atom stereocenters. The van der Waals surface area contributed by atoms with Gasteiger partial charge in [0.1, 0.15) is 0 Å². The minimum atomic E-state index is -0.0627. The molecule has 0 saturated heterocycles. The van der Waals surface area contributed by atoms with Crippen LogP contribution in [0.3, 0.4) is 0 Å². The largest absolute Gasteiger partial charge is 0.341 e. The van der Waals surface area contributed by atoms with Gasteiger partial charge in [-0.2, -0.15) is 0 Å². The van der Waals surface area contributed by atoms with Crippen LogP contribution in [0.15, 0.2) is 53.0 Å². The van der Waals surface area contributed by atoms with E-state index in [9.17, 15) is 4.79 Å². The van der Waals surface area contributed by atoms with Gasteiger partial charge >= 0.3 is 0 Å². The Kier molecular flexibility index (Phi) is 5.21. The fourth-order valence-corrected chi connectivity index (χ4v) is 2.49. The number of nitrogens with zero attached hydrogens (tertiary/aromatic N) is 1. The first-order valence-electron chi connectivity index (χ1n) is 6.33. The molecule has 4 heteroatoms. The van der Waals surface area contributed by atoms with Gasteiger partial charge < -0.3 is 4.90 Å². The molecule has 0 fully saturated rings. The number of carbonyl (C=O) groups is 1. The molecule has 2 nitrogen and oxygen atoms in total. The van der Waals surface area contributed by atoms with Crippen molar-refractivity contribution in [1.82, 2.24) is 4.90 Å². The Morgan fingerprint density at radius 2 is 1.85 bits per heavy atom. The van der Waals surface area contributed by atoms with E-state index >= 15 is 0 Å². The second-order valence-electron chi connectivity index (χ2n) is 4.56. The standard InChI is InChI=1S/C16H15BrClNO/c1-19(11-10-12-6-3-2-4-7-12)16(20)13-8-5-9-14(17)15(13)18/h2-9H,10-11H2,1H3. The van der Waals surface area contributed by atoms with E-state index in [2.05, 4.69) is 28.1 Å². The summed E-state index contributed by atoms with van der Waals surface area (Å²) in [5.74, 6) is -0.0627. The molecule has 0 saturated carbocycles. The van der Waals surface area contributed by atoms with Crippen LogP contribution in [0.1, 0.15) is 15.9 Å². The van der Waals surface area contributed by atoms with Crippen LogP contribution in [0.4, 0.5) is 0 Å². The third-order valence-electron chi connectivity index (χ3n) is 3.11. The average Bonchev–Trinajstić information content (AvgIpc) is 2.48. The van der Waals surface area contributed by atoms with Crippen molar-refractivity contribution in [1.29, 1.82) is 0 Å². The molecule has 0 N–H and O–H groups in total. The van der Waals surface area contributed by atoms with Crippen LogP contribution in [0.2, 0.25) is 5.02 Å². The maximum absolute atomic E-state index is 12.4. The lowest BCUT2D eigenvalue weighted by molar-refractivity contribution is 0.0796. The van der Waals surface area contributed by atoms with Gasteiger partial charge in [0.2, 0.25) is 0 Å². The fourth-order valence-electron chi connectivity index (χ4n) is 1.92. The van der Waals surface area contributed by atoms with E-state index < -0.39 is 0 Å². The van der Waals surface area contributed by atoms with Crippen molar-refractivity contribution in [3.63, 3.8) is 0 Å². The summed E-state index contributed by atoms with van der Waals surface area (Å²) in [6, 6.07) is 15.5. The van der Waals surface area contributed by atoms with Crippen molar-refractivity contribution in [3.8, 4) is 0 Å². The lowest BCUT2D eigenvalue weighted by atomic mass is 10.1. The summed E-state index contributed by atoms with van der Waals surface area (Å²) in [7, 11) is 1.79. The first-order chi connectivity index (χ1) is 9.59. The molecule has 0 aliphatic rings. The summed E-state index contributed by atoms with van der Waals surface area (Å²) in [6.45, 7) is 0.658. The topological polar surface area (TPSA) is 20.3 Å².